The number of esters is 1. The number of hydrogen-bond acceptors (Lipinski definition) is 7. The van der Waals surface area contributed by atoms with E-state index in [4.69, 9.17) is 4.74 Å². The zero-order chi connectivity index (χ0) is 19.7. The third-order valence-electron chi connectivity index (χ3n) is 4.97. The van der Waals surface area contributed by atoms with Crippen molar-refractivity contribution in [2.45, 2.75) is 39.5 Å². The number of ether oxygens (including phenoxy) is 1. The highest BCUT2D eigenvalue weighted by Gasteiger charge is 2.30. The molecule has 1 aliphatic carbocycles. The van der Waals surface area contributed by atoms with E-state index in [0.29, 0.717) is 22.3 Å². The molecule has 0 aromatic carbocycles. The summed E-state index contributed by atoms with van der Waals surface area (Å²) in [5.74, 6) is 0.0910. The van der Waals surface area contributed by atoms with E-state index in [1.807, 2.05) is 0 Å². The Hall–Kier alpha value is -2.81. The summed E-state index contributed by atoms with van der Waals surface area (Å²) in [6.07, 6.45) is 7.15. The fourth-order valence-electron chi connectivity index (χ4n) is 3.50. The van der Waals surface area contributed by atoms with Crippen LogP contribution in [0, 0.1) is 5.92 Å². The molecule has 0 radical (unpaired) electrons. The van der Waals surface area contributed by atoms with Crippen molar-refractivity contribution in [2.24, 2.45) is 5.92 Å². The molecule has 1 unspecified atom stereocenters. The van der Waals surface area contributed by atoms with Gasteiger partial charge in [0.05, 0.1) is 12.2 Å². The van der Waals surface area contributed by atoms with Gasteiger partial charge in [0.2, 0.25) is 5.82 Å². The van der Waals surface area contributed by atoms with E-state index in [1.165, 1.54) is 15.9 Å². The van der Waals surface area contributed by atoms with Gasteiger partial charge < -0.3 is 10.1 Å². The molecular formula is C19H21N5O3S. The molecular weight excluding hydrogens is 378 g/mol. The van der Waals surface area contributed by atoms with E-state index in [9.17, 15) is 9.59 Å². The first-order valence-corrected chi connectivity index (χ1v) is 10.2. The molecule has 3 heterocycles. The second kappa shape index (κ2) is 7.67. The highest BCUT2D eigenvalue weighted by molar-refractivity contribution is 7.17. The lowest BCUT2D eigenvalue weighted by molar-refractivity contribution is 0.0526. The minimum absolute atomic E-state index is 0.00585. The van der Waals surface area contributed by atoms with Gasteiger partial charge >= 0.3 is 5.97 Å². The van der Waals surface area contributed by atoms with Gasteiger partial charge in [0, 0.05) is 17.3 Å². The van der Waals surface area contributed by atoms with Crippen molar-refractivity contribution < 1.29 is 14.3 Å². The normalized spacial score (nSPS) is 16.0. The first-order chi connectivity index (χ1) is 13.6. The Balaban J connectivity index is 1.67. The van der Waals surface area contributed by atoms with Crippen LogP contribution in [0.4, 0.5) is 5.00 Å². The molecule has 0 saturated carbocycles. The van der Waals surface area contributed by atoms with E-state index < -0.39 is 11.9 Å². The van der Waals surface area contributed by atoms with Gasteiger partial charge in [-0.1, -0.05) is 13.3 Å². The van der Waals surface area contributed by atoms with Crippen molar-refractivity contribution in [3.8, 4) is 0 Å². The van der Waals surface area contributed by atoms with Crippen molar-refractivity contribution in [1.82, 2.24) is 19.6 Å². The summed E-state index contributed by atoms with van der Waals surface area (Å²) in [5.41, 5.74) is 1.49. The summed E-state index contributed by atoms with van der Waals surface area (Å²) in [7, 11) is 0. The van der Waals surface area contributed by atoms with Crippen molar-refractivity contribution in [3.05, 3.63) is 40.3 Å². The molecule has 1 aliphatic rings. The summed E-state index contributed by atoms with van der Waals surface area (Å²) < 4.78 is 6.69. The van der Waals surface area contributed by atoms with E-state index >= 15 is 0 Å². The highest BCUT2D eigenvalue weighted by atomic mass is 32.1. The van der Waals surface area contributed by atoms with Crippen LogP contribution in [-0.2, 0) is 17.6 Å². The van der Waals surface area contributed by atoms with Crippen LogP contribution < -0.4 is 5.32 Å². The van der Waals surface area contributed by atoms with E-state index in [2.05, 4.69) is 27.3 Å². The van der Waals surface area contributed by atoms with Gasteiger partial charge in [-0.3, -0.25) is 4.79 Å². The second-order valence-electron chi connectivity index (χ2n) is 6.70. The molecule has 0 aliphatic heterocycles. The molecule has 1 N–H and O–H groups in total. The molecule has 3 aromatic heterocycles. The van der Waals surface area contributed by atoms with Gasteiger partial charge in [0.1, 0.15) is 5.00 Å². The largest absolute Gasteiger partial charge is 0.462 e. The van der Waals surface area contributed by atoms with E-state index in [0.717, 1.165) is 36.1 Å². The first kappa shape index (κ1) is 18.5. The molecule has 9 heteroatoms. The molecule has 0 fully saturated rings. The zero-order valence-corrected chi connectivity index (χ0v) is 16.6. The summed E-state index contributed by atoms with van der Waals surface area (Å²) >= 11 is 1.45. The Morgan fingerprint density at radius 3 is 3.00 bits per heavy atom. The minimum atomic E-state index is -0.471. The van der Waals surface area contributed by atoms with Gasteiger partial charge in [0.25, 0.3) is 11.7 Å². The number of nitrogens with zero attached hydrogens (tertiary/aromatic N) is 4. The minimum Gasteiger partial charge on any atom is -0.462 e. The Bertz CT molecular complexity index is 1010. The van der Waals surface area contributed by atoms with Gasteiger partial charge in [0.15, 0.2) is 0 Å². The van der Waals surface area contributed by atoms with Gasteiger partial charge in [-0.2, -0.15) is 4.98 Å². The lowest BCUT2D eigenvalue weighted by Crippen LogP contribution is -2.18. The molecule has 3 aromatic rings. The molecule has 0 saturated heterocycles. The second-order valence-corrected chi connectivity index (χ2v) is 7.80. The Morgan fingerprint density at radius 1 is 1.39 bits per heavy atom. The average molecular weight is 399 g/mol. The maximum Gasteiger partial charge on any atom is 0.341 e. The molecule has 1 amide bonds. The number of fused-ring (bicyclic) bond motifs is 2. The molecule has 146 valence electrons. The van der Waals surface area contributed by atoms with Crippen LogP contribution >= 0.6 is 11.3 Å². The third-order valence-corrected chi connectivity index (χ3v) is 6.14. The Morgan fingerprint density at radius 2 is 2.25 bits per heavy atom. The number of nitrogens with one attached hydrogen (secondary N) is 1. The van der Waals surface area contributed by atoms with Crippen LogP contribution in [0.1, 0.15) is 58.1 Å². The van der Waals surface area contributed by atoms with Gasteiger partial charge in [-0.05, 0) is 43.7 Å². The average Bonchev–Trinajstić information content (AvgIpc) is 3.28. The van der Waals surface area contributed by atoms with Crippen molar-refractivity contribution in [2.75, 3.05) is 11.9 Å². The van der Waals surface area contributed by atoms with Crippen LogP contribution in [0.3, 0.4) is 0 Å². The number of rotatable bonds is 5. The number of aromatic nitrogens is 4. The molecule has 28 heavy (non-hydrogen) atoms. The quantitative estimate of drug-likeness (QED) is 0.662. The molecule has 0 bridgehead atoms. The lowest BCUT2D eigenvalue weighted by Gasteiger charge is -2.20. The van der Waals surface area contributed by atoms with Crippen LogP contribution in [0.2, 0.25) is 0 Å². The SMILES string of the molecule is CCOC(=O)c1c(NC(=O)c2nc3ncccn3n2)sc2c1CCC(CC)C2. The van der Waals surface area contributed by atoms with Crippen LogP contribution in [0.25, 0.3) is 5.78 Å². The smallest absolute Gasteiger partial charge is 0.341 e. The first-order valence-electron chi connectivity index (χ1n) is 9.41. The van der Waals surface area contributed by atoms with Gasteiger partial charge in [-0.15, -0.1) is 16.4 Å². The maximum absolute atomic E-state index is 12.7. The Kier molecular flexibility index (Phi) is 5.08. The monoisotopic (exact) mass is 399 g/mol. The van der Waals surface area contributed by atoms with Crippen molar-refractivity contribution >= 4 is 34.0 Å². The Labute approximate surface area is 166 Å². The number of amides is 1. The third kappa shape index (κ3) is 3.37. The van der Waals surface area contributed by atoms with Crippen molar-refractivity contribution in [1.29, 1.82) is 0 Å². The van der Waals surface area contributed by atoms with E-state index in [1.54, 1.807) is 25.4 Å². The van der Waals surface area contributed by atoms with Crippen LogP contribution in [-0.4, -0.2) is 38.1 Å². The molecule has 8 nitrogen and oxygen atoms in total. The zero-order valence-electron chi connectivity index (χ0n) is 15.8. The molecule has 1 atom stereocenters. The lowest BCUT2D eigenvalue weighted by atomic mass is 9.85. The number of carbonyl (C=O) groups is 2. The summed E-state index contributed by atoms with van der Waals surface area (Å²) in [6, 6.07) is 1.71. The fourth-order valence-corrected chi connectivity index (χ4v) is 4.84. The van der Waals surface area contributed by atoms with Crippen LogP contribution in [0.5, 0.6) is 0 Å². The molecule has 4 rings (SSSR count). The standard InChI is InChI=1S/C19H21N5O3S/c1-3-11-6-7-12-13(10-11)28-17(14(12)18(26)27-4-2)22-16(25)15-21-19-20-8-5-9-24(19)23-15/h5,8-9,11H,3-4,6-7,10H2,1-2H3,(H,22,25). The predicted octanol–water partition coefficient (Wildman–Crippen LogP) is 3.13. The summed E-state index contributed by atoms with van der Waals surface area (Å²) in [4.78, 5) is 34.7. The summed E-state index contributed by atoms with van der Waals surface area (Å²) in [6.45, 7) is 4.24. The van der Waals surface area contributed by atoms with Crippen LogP contribution in [0.15, 0.2) is 18.5 Å². The highest BCUT2D eigenvalue weighted by Crippen LogP contribution is 2.40. The number of thiophene rings is 1. The number of carbonyl (C=O) groups excluding carboxylic acids is 2. The van der Waals surface area contributed by atoms with E-state index in [-0.39, 0.29) is 12.4 Å². The van der Waals surface area contributed by atoms with Gasteiger partial charge in [-0.25, -0.2) is 14.3 Å². The topological polar surface area (TPSA) is 98.5 Å². The fraction of sp³-hybridized carbons (Fsp3) is 0.421. The predicted molar refractivity (Wildman–Crippen MR) is 105 cm³/mol. The molecule has 0 spiro atoms. The van der Waals surface area contributed by atoms with Crippen molar-refractivity contribution in [3.63, 3.8) is 0 Å². The number of anilines is 1. The maximum atomic E-state index is 12.7. The summed E-state index contributed by atoms with van der Waals surface area (Å²) in [5, 5.41) is 7.49. The number of hydrogen-bond donors (Lipinski definition) is 1.